The van der Waals surface area contributed by atoms with Crippen LogP contribution in [0.3, 0.4) is 0 Å². The van der Waals surface area contributed by atoms with Crippen LogP contribution in [0.2, 0.25) is 0 Å². The maximum Gasteiger partial charge on any atom is 0.154 e. The number of pyridine rings is 1. The summed E-state index contributed by atoms with van der Waals surface area (Å²) in [6.45, 7) is 0. The van der Waals surface area contributed by atoms with E-state index < -0.39 is 0 Å². The van der Waals surface area contributed by atoms with Gasteiger partial charge in [0.1, 0.15) is 5.65 Å². The molecule has 0 unspecified atom stereocenters. The summed E-state index contributed by atoms with van der Waals surface area (Å²) >= 11 is 0. The van der Waals surface area contributed by atoms with Crippen LogP contribution in [0.4, 0.5) is 5.82 Å². The Bertz CT molecular complexity index is 746. The molecular weight excluding hydrogens is 250 g/mol. The fraction of sp³-hybridized carbons (Fsp3) is 0.467. The smallest absolute Gasteiger partial charge is 0.154 e. The molecule has 0 radical (unpaired) electrons. The van der Waals surface area contributed by atoms with E-state index >= 15 is 0 Å². The average Bonchev–Trinajstić information content (AvgIpc) is 2.95. The van der Waals surface area contributed by atoms with Crippen molar-refractivity contribution >= 4 is 27.8 Å². The van der Waals surface area contributed by atoms with Crippen LogP contribution in [0.15, 0.2) is 18.5 Å². The number of nitrogens with zero attached hydrogens (tertiary/aromatic N) is 3. The zero-order valence-electron chi connectivity index (χ0n) is 11.5. The monoisotopic (exact) mass is 269 g/mol. The summed E-state index contributed by atoms with van der Waals surface area (Å²) in [5.41, 5.74) is 8.15. The highest BCUT2D eigenvalue weighted by molar-refractivity contribution is 6.06. The fourth-order valence-electron chi connectivity index (χ4n) is 3.41. The number of nitrogens with two attached hydrogens (primary N) is 1. The maximum absolute atomic E-state index is 6.10. The fourth-order valence-corrected chi connectivity index (χ4v) is 3.41. The predicted molar refractivity (Wildman–Crippen MR) is 80.5 cm³/mol. The van der Waals surface area contributed by atoms with Crippen LogP contribution in [-0.2, 0) is 0 Å². The summed E-state index contributed by atoms with van der Waals surface area (Å²) in [4.78, 5) is 7.59. The molecule has 3 aromatic heterocycles. The molecule has 1 aliphatic rings. The number of aromatic amines is 1. The lowest BCUT2D eigenvalue weighted by Crippen LogP contribution is -2.10. The topological polar surface area (TPSA) is 72.5 Å². The van der Waals surface area contributed by atoms with Crippen molar-refractivity contribution in [1.29, 1.82) is 0 Å². The van der Waals surface area contributed by atoms with Crippen LogP contribution in [0.1, 0.15) is 44.6 Å². The minimum Gasteiger partial charge on any atom is -0.382 e. The molecular formula is C15H19N5. The first-order valence-electron chi connectivity index (χ1n) is 7.44. The van der Waals surface area contributed by atoms with Gasteiger partial charge in [0.2, 0.25) is 0 Å². The third kappa shape index (κ3) is 1.69. The van der Waals surface area contributed by atoms with Gasteiger partial charge in [-0.3, -0.25) is 4.68 Å². The molecule has 1 aliphatic carbocycles. The molecule has 104 valence electrons. The van der Waals surface area contributed by atoms with Gasteiger partial charge in [-0.25, -0.2) is 4.98 Å². The van der Waals surface area contributed by atoms with Gasteiger partial charge in [0.25, 0.3) is 0 Å². The first-order valence-corrected chi connectivity index (χ1v) is 7.44. The molecule has 1 saturated carbocycles. The van der Waals surface area contributed by atoms with E-state index in [1.807, 2.05) is 12.4 Å². The van der Waals surface area contributed by atoms with Crippen molar-refractivity contribution in [2.24, 2.45) is 0 Å². The van der Waals surface area contributed by atoms with Crippen molar-refractivity contribution in [3.05, 3.63) is 18.5 Å². The molecule has 0 atom stereocenters. The second kappa shape index (κ2) is 4.51. The highest BCUT2D eigenvalue weighted by atomic mass is 15.3. The molecule has 3 heterocycles. The number of rotatable bonds is 1. The summed E-state index contributed by atoms with van der Waals surface area (Å²) in [6.07, 6.45) is 11.4. The molecule has 5 heteroatoms. The number of nitrogen functional groups attached to an aromatic ring is 1. The van der Waals surface area contributed by atoms with Gasteiger partial charge in [-0.1, -0.05) is 25.7 Å². The van der Waals surface area contributed by atoms with E-state index in [-0.39, 0.29) is 0 Å². The highest BCUT2D eigenvalue weighted by Gasteiger charge is 2.20. The normalized spacial score (nSPS) is 17.8. The highest BCUT2D eigenvalue weighted by Crippen LogP contribution is 2.34. The zero-order chi connectivity index (χ0) is 13.5. The standard InChI is InChI=1S/C15H19N5/c16-14-12-9-18-15-11(7-8-17-15)13(12)20(19-14)10-5-3-1-2-4-6-10/h7-10H,1-6H2,(H2,16,19)(H,17,18). The lowest BCUT2D eigenvalue weighted by atomic mass is 10.1. The molecule has 3 N–H and O–H groups in total. The Morgan fingerprint density at radius 2 is 1.95 bits per heavy atom. The van der Waals surface area contributed by atoms with Crippen LogP contribution in [-0.4, -0.2) is 19.7 Å². The van der Waals surface area contributed by atoms with E-state index in [2.05, 4.69) is 25.8 Å². The van der Waals surface area contributed by atoms with E-state index in [1.54, 1.807) is 0 Å². The second-order valence-corrected chi connectivity index (χ2v) is 5.74. The van der Waals surface area contributed by atoms with E-state index in [0.29, 0.717) is 11.9 Å². The Labute approximate surface area is 117 Å². The van der Waals surface area contributed by atoms with Gasteiger partial charge < -0.3 is 10.7 Å². The molecule has 0 aliphatic heterocycles. The number of fused-ring (bicyclic) bond motifs is 3. The van der Waals surface area contributed by atoms with Gasteiger partial charge >= 0.3 is 0 Å². The SMILES string of the molecule is Nc1nn(C2CCCCCC2)c2c1cnc1[nH]ccc12. The summed E-state index contributed by atoms with van der Waals surface area (Å²) in [5.74, 6) is 0.597. The molecule has 0 aromatic carbocycles. The van der Waals surface area contributed by atoms with Gasteiger partial charge in [-0.15, -0.1) is 0 Å². The second-order valence-electron chi connectivity index (χ2n) is 5.74. The van der Waals surface area contributed by atoms with Gasteiger partial charge in [0.15, 0.2) is 5.82 Å². The van der Waals surface area contributed by atoms with Crippen LogP contribution >= 0.6 is 0 Å². The number of hydrogen-bond acceptors (Lipinski definition) is 3. The zero-order valence-corrected chi connectivity index (χ0v) is 11.5. The number of anilines is 1. The van der Waals surface area contributed by atoms with Gasteiger partial charge in [0.05, 0.1) is 16.9 Å². The Hall–Kier alpha value is -2.04. The van der Waals surface area contributed by atoms with Gasteiger partial charge in [-0.2, -0.15) is 5.10 Å². The summed E-state index contributed by atoms with van der Waals surface area (Å²) < 4.78 is 2.16. The quantitative estimate of drug-likeness (QED) is 0.665. The molecule has 0 saturated heterocycles. The number of nitrogens with one attached hydrogen (secondary N) is 1. The molecule has 3 aromatic rings. The summed E-state index contributed by atoms with van der Waals surface area (Å²) in [6, 6.07) is 2.54. The summed E-state index contributed by atoms with van der Waals surface area (Å²) in [7, 11) is 0. The van der Waals surface area contributed by atoms with Crippen LogP contribution in [0, 0.1) is 0 Å². The lowest BCUT2D eigenvalue weighted by Gasteiger charge is -2.16. The molecule has 0 amide bonds. The van der Waals surface area contributed by atoms with Crippen LogP contribution in [0.5, 0.6) is 0 Å². The van der Waals surface area contributed by atoms with Crippen LogP contribution in [0.25, 0.3) is 21.9 Å². The number of hydrogen-bond donors (Lipinski definition) is 2. The van der Waals surface area contributed by atoms with Crippen molar-refractivity contribution < 1.29 is 0 Å². The first-order chi connectivity index (χ1) is 9.84. The molecule has 1 fully saturated rings. The molecule has 0 spiro atoms. The van der Waals surface area contributed by atoms with E-state index in [1.165, 1.54) is 38.5 Å². The average molecular weight is 269 g/mol. The molecule has 5 nitrogen and oxygen atoms in total. The Kier molecular flexibility index (Phi) is 2.65. The van der Waals surface area contributed by atoms with Crippen molar-refractivity contribution in [2.75, 3.05) is 5.73 Å². The third-order valence-electron chi connectivity index (χ3n) is 4.45. The van der Waals surface area contributed by atoms with Crippen molar-refractivity contribution in [1.82, 2.24) is 19.7 Å². The van der Waals surface area contributed by atoms with Crippen molar-refractivity contribution in [2.45, 2.75) is 44.6 Å². The van der Waals surface area contributed by atoms with Gasteiger partial charge in [0, 0.05) is 17.8 Å². The van der Waals surface area contributed by atoms with Crippen molar-refractivity contribution in [3.8, 4) is 0 Å². The minimum absolute atomic E-state index is 0.470. The molecule has 4 rings (SSSR count). The maximum atomic E-state index is 6.10. The van der Waals surface area contributed by atoms with Gasteiger partial charge in [-0.05, 0) is 18.9 Å². The Morgan fingerprint density at radius 1 is 1.15 bits per heavy atom. The van der Waals surface area contributed by atoms with E-state index in [0.717, 1.165) is 21.9 Å². The van der Waals surface area contributed by atoms with E-state index in [9.17, 15) is 0 Å². The Balaban J connectivity index is 1.95. The summed E-state index contributed by atoms with van der Waals surface area (Å²) in [5, 5.41) is 6.72. The number of aromatic nitrogens is 4. The van der Waals surface area contributed by atoms with Crippen LogP contribution < -0.4 is 5.73 Å². The Morgan fingerprint density at radius 3 is 2.75 bits per heavy atom. The minimum atomic E-state index is 0.470. The first kappa shape index (κ1) is 11.8. The largest absolute Gasteiger partial charge is 0.382 e. The predicted octanol–water partition coefficient (Wildman–Crippen LogP) is 3.39. The molecule has 20 heavy (non-hydrogen) atoms. The number of H-pyrrole nitrogens is 1. The van der Waals surface area contributed by atoms with E-state index in [4.69, 9.17) is 5.73 Å². The third-order valence-corrected chi connectivity index (χ3v) is 4.45. The van der Waals surface area contributed by atoms with Crippen molar-refractivity contribution in [3.63, 3.8) is 0 Å². The molecule has 0 bridgehead atoms. The lowest BCUT2D eigenvalue weighted by molar-refractivity contribution is 0.419.